The van der Waals surface area contributed by atoms with E-state index in [1.54, 1.807) is 24.3 Å². The molecule has 0 atom stereocenters. The summed E-state index contributed by atoms with van der Waals surface area (Å²) in [5, 5.41) is 2.77. The molecule has 176 valence electrons. The molecule has 0 radical (unpaired) electrons. The molecule has 3 rings (SSSR count). The Hall–Kier alpha value is -4.00. The van der Waals surface area contributed by atoms with Gasteiger partial charge in [-0.05, 0) is 92.1 Å². The van der Waals surface area contributed by atoms with Crippen LogP contribution in [0.4, 0.5) is 10.1 Å². The zero-order valence-corrected chi connectivity index (χ0v) is 19.1. The van der Waals surface area contributed by atoms with E-state index < -0.39 is 24.2 Å². The molecule has 1 N–H and O–H groups in total. The van der Waals surface area contributed by atoms with Crippen molar-refractivity contribution in [2.75, 3.05) is 11.9 Å². The van der Waals surface area contributed by atoms with Gasteiger partial charge in [0.1, 0.15) is 17.3 Å². The van der Waals surface area contributed by atoms with Crippen LogP contribution in [-0.4, -0.2) is 24.3 Å². The lowest BCUT2D eigenvalue weighted by molar-refractivity contribution is -0.142. The van der Waals surface area contributed by atoms with Crippen LogP contribution >= 0.6 is 0 Å². The van der Waals surface area contributed by atoms with Crippen LogP contribution in [0, 0.1) is 19.7 Å². The molecule has 3 aromatic rings. The minimum atomic E-state index is -0.573. The smallest absolute Gasteiger partial charge is 0.306 e. The third kappa shape index (κ3) is 7.55. The number of nitrogens with one attached hydrogen (secondary N) is 1. The van der Waals surface area contributed by atoms with E-state index in [1.165, 1.54) is 29.8 Å². The summed E-state index contributed by atoms with van der Waals surface area (Å²) in [5.41, 5.74) is 3.21. The van der Waals surface area contributed by atoms with E-state index >= 15 is 0 Å². The van der Waals surface area contributed by atoms with Gasteiger partial charge in [-0.3, -0.25) is 14.4 Å². The average Bonchev–Trinajstić information content (AvgIpc) is 2.81. The van der Waals surface area contributed by atoms with Crippen molar-refractivity contribution in [2.24, 2.45) is 0 Å². The number of carbonyl (C=O) groups is 3. The second kappa shape index (κ2) is 11.7. The highest BCUT2D eigenvalue weighted by Gasteiger charge is 2.11. The topological polar surface area (TPSA) is 81.7 Å². The van der Waals surface area contributed by atoms with E-state index in [-0.39, 0.29) is 30.7 Å². The molecule has 0 fully saturated rings. The molecule has 0 spiro atoms. The largest absolute Gasteiger partial charge is 0.457 e. The fraction of sp³-hybridized carbons (Fsp3) is 0.222. The van der Waals surface area contributed by atoms with Crippen LogP contribution in [0.5, 0.6) is 11.5 Å². The summed E-state index contributed by atoms with van der Waals surface area (Å²) in [4.78, 5) is 35.9. The first-order chi connectivity index (χ1) is 16.3. The molecule has 0 bridgehead atoms. The van der Waals surface area contributed by atoms with Gasteiger partial charge in [-0.25, -0.2) is 4.39 Å². The van der Waals surface area contributed by atoms with Crippen LogP contribution in [0.1, 0.15) is 40.7 Å². The molecule has 7 heteroatoms. The van der Waals surface area contributed by atoms with E-state index in [0.717, 1.165) is 11.3 Å². The highest BCUT2D eigenvalue weighted by atomic mass is 19.1. The van der Waals surface area contributed by atoms with Crippen molar-refractivity contribution in [1.29, 1.82) is 0 Å². The number of rotatable bonds is 10. The maximum Gasteiger partial charge on any atom is 0.306 e. The number of ketones is 1. The molecule has 0 aliphatic heterocycles. The van der Waals surface area contributed by atoms with Gasteiger partial charge < -0.3 is 14.8 Å². The maximum atomic E-state index is 12.9. The molecular weight excluding hydrogens is 437 g/mol. The van der Waals surface area contributed by atoms with Crippen molar-refractivity contribution in [3.05, 3.63) is 89.2 Å². The third-order valence-electron chi connectivity index (χ3n) is 5.17. The molecule has 0 heterocycles. The Morgan fingerprint density at radius 1 is 0.824 bits per heavy atom. The monoisotopic (exact) mass is 463 g/mol. The highest BCUT2D eigenvalue weighted by molar-refractivity contribution is 5.98. The lowest BCUT2D eigenvalue weighted by atomic mass is 10.1. The predicted octanol–water partition coefficient (Wildman–Crippen LogP) is 5.77. The number of esters is 1. The molecule has 0 unspecified atom stereocenters. The van der Waals surface area contributed by atoms with Crippen LogP contribution in [0.25, 0.3) is 0 Å². The third-order valence-corrected chi connectivity index (χ3v) is 5.17. The summed E-state index contributed by atoms with van der Waals surface area (Å²) in [6.45, 7) is 3.64. The summed E-state index contributed by atoms with van der Waals surface area (Å²) in [6, 6.07) is 17.9. The summed E-state index contributed by atoms with van der Waals surface area (Å²) >= 11 is 0. The molecular formula is C27H26FNO5. The number of Topliss-reactive ketones (excluding diaryl/α,β-unsaturated/α-hetero) is 1. The summed E-state index contributed by atoms with van der Waals surface area (Å²) in [5.74, 6) is -0.288. The maximum absolute atomic E-state index is 12.9. The number of anilines is 1. The Morgan fingerprint density at radius 3 is 2.18 bits per heavy atom. The lowest BCUT2D eigenvalue weighted by Crippen LogP contribution is -2.15. The molecule has 0 aliphatic rings. The van der Waals surface area contributed by atoms with Crippen molar-refractivity contribution in [1.82, 2.24) is 0 Å². The predicted molar refractivity (Wildman–Crippen MR) is 127 cm³/mol. The Balaban J connectivity index is 1.36. The van der Waals surface area contributed by atoms with Gasteiger partial charge in [0.05, 0.1) is 0 Å². The van der Waals surface area contributed by atoms with Crippen molar-refractivity contribution in [2.45, 2.75) is 33.1 Å². The number of hydrogen-bond acceptors (Lipinski definition) is 5. The summed E-state index contributed by atoms with van der Waals surface area (Å²) < 4.78 is 23.7. The lowest BCUT2D eigenvalue weighted by Gasteiger charge is -2.09. The van der Waals surface area contributed by atoms with Crippen LogP contribution in [0.2, 0.25) is 0 Å². The highest BCUT2D eigenvalue weighted by Crippen LogP contribution is 2.25. The van der Waals surface area contributed by atoms with Crippen LogP contribution in [0.15, 0.2) is 66.7 Å². The molecule has 1 amide bonds. The molecule has 0 saturated heterocycles. The van der Waals surface area contributed by atoms with E-state index in [2.05, 4.69) is 5.32 Å². The zero-order chi connectivity index (χ0) is 24.5. The standard InChI is InChI=1S/C27H26FNO5/c1-18-6-13-24(16-19(18)2)34-23-14-11-22(12-15-23)29-26(31)4-3-5-27(32)33-17-25(30)20-7-9-21(28)10-8-20/h6-16H,3-5,17H2,1-2H3,(H,29,31). The Labute approximate surface area is 197 Å². The SMILES string of the molecule is Cc1ccc(Oc2ccc(NC(=O)CCCC(=O)OCC(=O)c3ccc(F)cc3)cc2)cc1C. The molecule has 0 aliphatic carbocycles. The number of aryl methyl sites for hydroxylation is 2. The zero-order valence-electron chi connectivity index (χ0n) is 19.1. The first kappa shape index (κ1) is 24.6. The fourth-order valence-corrected chi connectivity index (χ4v) is 3.07. The first-order valence-corrected chi connectivity index (χ1v) is 10.9. The van der Waals surface area contributed by atoms with Gasteiger partial charge in [0, 0.05) is 24.1 Å². The number of benzene rings is 3. The summed E-state index contributed by atoms with van der Waals surface area (Å²) in [6.07, 6.45) is 0.415. The molecule has 34 heavy (non-hydrogen) atoms. The number of halogens is 1. The van der Waals surface area contributed by atoms with Gasteiger partial charge in [0.15, 0.2) is 12.4 Å². The van der Waals surface area contributed by atoms with Crippen molar-refractivity contribution >= 4 is 23.3 Å². The van der Waals surface area contributed by atoms with Gasteiger partial charge in [-0.2, -0.15) is 0 Å². The van der Waals surface area contributed by atoms with Gasteiger partial charge >= 0.3 is 5.97 Å². The second-order valence-electron chi connectivity index (χ2n) is 7.86. The van der Waals surface area contributed by atoms with Crippen LogP contribution in [0.3, 0.4) is 0 Å². The Kier molecular flexibility index (Phi) is 8.51. The molecule has 6 nitrogen and oxygen atoms in total. The minimum Gasteiger partial charge on any atom is -0.457 e. The fourth-order valence-electron chi connectivity index (χ4n) is 3.07. The van der Waals surface area contributed by atoms with Gasteiger partial charge in [0.25, 0.3) is 0 Å². The Bertz CT molecular complexity index is 1160. The second-order valence-corrected chi connectivity index (χ2v) is 7.86. The minimum absolute atomic E-state index is 0.00681. The summed E-state index contributed by atoms with van der Waals surface area (Å²) in [7, 11) is 0. The van der Waals surface area contributed by atoms with Crippen molar-refractivity contribution < 1.29 is 28.2 Å². The van der Waals surface area contributed by atoms with E-state index in [9.17, 15) is 18.8 Å². The number of hydrogen-bond donors (Lipinski definition) is 1. The molecule has 0 aromatic heterocycles. The van der Waals surface area contributed by atoms with Gasteiger partial charge in [0.2, 0.25) is 5.91 Å². The number of carbonyl (C=O) groups excluding carboxylic acids is 3. The average molecular weight is 464 g/mol. The van der Waals surface area contributed by atoms with Crippen molar-refractivity contribution in [3.63, 3.8) is 0 Å². The van der Waals surface area contributed by atoms with Gasteiger partial charge in [-0.15, -0.1) is 0 Å². The number of amides is 1. The number of ether oxygens (including phenoxy) is 2. The van der Waals surface area contributed by atoms with Gasteiger partial charge in [-0.1, -0.05) is 6.07 Å². The molecule has 0 saturated carbocycles. The van der Waals surface area contributed by atoms with Crippen LogP contribution in [-0.2, 0) is 14.3 Å². The van der Waals surface area contributed by atoms with E-state index in [4.69, 9.17) is 9.47 Å². The van der Waals surface area contributed by atoms with E-state index in [0.29, 0.717) is 11.4 Å². The van der Waals surface area contributed by atoms with Crippen molar-refractivity contribution in [3.8, 4) is 11.5 Å². The molecule has 3 aromatic carbocycles. The van der Waals surface area contributed by atoms with Crippen LogP contribution < -0.4 is 10.1 Å². The normalized spacial score (nSPS) is 10.4. The Morgan fingerprint density at radius 2 is 1.50 bits per heavy atom. The quantitative estimate of drug-likeness (QED) is 0.305. The first-order valence-electron chi connectivity index (χ1n) is 10.9. The van der Waals surface area contributed by atoms with E-state index in [1.807, 2.05) is 32.0 Å².